The Labute approximate surface area is 106 Å². The lowest BCUT2D eigenvalue weighted by atomic mass is 10.1. The van der Waals surface area contributed by atoms with Crippen molar-refractivity contribution >= 4 is 5.69 Å². The van der Waals surface area contributed by atoms with Crippen molar-refractivity contribution in [2.75, 3.05) is 38.1 Å². The third kappa shape index (κ3) is 2.06. The Morgan fingerprint density at radius 2 is 1.89 bits per heavy atom. The molecule has 2 aromatic rings. The van der Waals surface area contributed by atoms with E-state index < -0.39 is 0 Å². The summed E-state index contributed by atoms with van der Waals surface area (Å²) in [6, 6.07) is 8.22. The lowest BCUT2D eigenvalue weighted by Crippen LogP contribution is -2.44. The van der Waals surface area contributed by atoms with Crippen LogP contribution >= 0.6 is 0 Å². The first kappa shape index (κ1) is 11.2. The number of nitrogens with one attached hydrogen (secondary N) is 1. The van der Waals surface area contributed by atoms with Crippen LogP contribution in [0.5, 0.6) is 0 Å². The molecule has 0 saturated carbocycles. The first-order valence-electron chi connectivity index (χ1n) is 6.11. The van der Waals surface area contributed by atoms with Gasteiger partial charge in [-0.2, -0.15) is 5.21 Å². The smallest absolute Gasteiger partial charge is 0.206 e. The molecular formula is C12H16N6. The average molecular weight is 244 g/mol. The van der Waals surface area contributed by atoms with E-state index >= 15 is 0 Å². The van der Waals surface area contributed by atoms with Crippen LogP contribution in [0.3, 0.4) is 0 Å². The van der Waals surface area contributed by atoms with E-state index in [-0.39, 0.29) is 0 Å². The van der Waals surface area contributed by atoms with Gasteiger partial charge in [-0.3, -0.25) is 0 Å². The minimum atomic E-state index is 0.657. The van der Waals surface area contributed by atoms with E-state index in [1.54, 1.807) is 0 Å². The molecule has 0 atom stereocenters. The highest BCUT2D eigenvalue weighted by molar-refractivity contribution is 5.74. The van der Waals surface area contributed by atoms with E-state index in [9.17, 15) is 0 Å². The van der Waals surface area contributed by atoms with E-state index in [1.807, 2.05) is 12.1 Å². The SMILES string of the molecule is CN1CCN(c2ccccc2-c2nn[nH]n2)CC1. The fourth-order valence-electron chi connectivity index (χ4n) is 2.26. The van der Waals surface area contributed by atoms with Gasteiger partial charge in [0.1, 0.15) is 0 Å². The highest BCUT2D eigenvalue weighted by atomic mass is 15.5. The number of H-pyrrole nitrogens is 1. The number of para-hydroxylation sites is 1. The molecule has 1 aliphatic rings. The molecule has 1 saturated heterocycles. The number of rotatable bonds is 2. The fourth-order valence-corrected chi connectivity index (χ4v) is 2.26. The summed E-state index contributed by atoms with van der Waals surface area (Å²) in [4.78, 5) is 4.72. The lowest BCUT2D eigenvalue weighted by molar-refractivity contribution is 0.313. The number of aromatic nitrogens is 4. The number of piperazine rings is 1. The number of aromatic amines is 1. The molecule has 0 spiro atoms. The summed E-state index contributed by atoms with van der Waals surface area (Å²) in [5.74, 6) is 0.657. The minimum absolute atomic E-state index is 0.657. The topological polar surface area (TPSA) is 60.9 Å². The standard InChI is InChI=1S/C12H16N6/c1-17-6-8-18(9-7-17)11-5-3-2-4-10(11)12-13-15-16-14-12/h2-5H,6-9H2,1H3,(H,13,14,15,16). The van der Waals surface area contributed by atoms with Crippen molar-refractivity contribution in [2.24, 2.45) is 0 Å². The van der Waals surface area contributed by atoms with Crippen LogP contribution in [0.1, 0.15) is 0 Å². The maximum Gasteiger partial charge on any atom is 0.206 e. The zero-order valence-electron chi connectivity index (χ0n) is 10.4. The minimum Gasteiger partial charge on any atom is -0.368 e. The van der Waals surface area contributed by atoms with Gasteiger partial charge < -0.3 is 9.80 Å². The molecule has 1 N–H and O–H groups in total. The molecule has 0 unspecified atom stereocenters. The first-order chi connectivity index (χ1) is 8.84. The highest BCUT2D eigenvalue weighted by Gasteiger charge is 2.18. The van der Waals surface area contributed by atoms with Crippen molar-refractivity contribution in [3.63, 3.8) is 0 Å². The molecule has 1 aliphatic heterocycles. The Hall–Kier alpha value is -1.95. The Bertz CT molecular complexity index is 501. The Kier molecular flexibility index (Phi) is 2.93. The molecule has 0 aliphatic carbocycles. The summed E-state index contributed by atoms with van der Waals surface area (Å²) in [6.45, 7) is 4.23. The maximum absolute atomic E-state index is 4.07. The van der Waals surface area contributed by atoms with Gasteiger partial charge in [-0.05, 0) is 24.4 Å². The van der Waals surface area contributed by atoms with Crippen LogP contribution in [0.15, 0.2) is 24.3 Å². The van der Waals surface area contributed by atoms with Gasteiger partial charge in [0.25, 0.3) is 0 Å². The number of anilines is 1. The van der Waals surface area contributed by atoms with Crippen LogP contribution in [0.4, 0.5) is 5.69 Å². The van der Waals surface area contributed by atoms with E-state index in [1.165, 1.54) is 5.69 Å². The van der Waals surface area contributed by atoms with Crippen LogP contribution in [-0.4, -0.2) is 58.8 Å². The number of likely N-dealkylation sites (N-methyl/N-ethyl adjacent to an activating group) is 1. The first-order valence-corrected chi connectivity index (χ1v) is 6.11. The summed E-state index contributed by atoms with van der Waals surface area (Å²) < 4.78 is 0. The molecule has 1 fully saturated rings. The normalized spacial score (nSPS) is 17.1. The summed E-state index contributed by atoms with van der Waals surface area (Å²) >= 11 is 0. The van der Waals surface area contributed by atoms with Crippen molar-refractivity contribution in [1.29, 1.82) is 0 Å². The fraction of sp³-hybridized carbons (Fsp3) is 0.417. The third-order valence-electron chi connectivity index (χ3n) is 3.33. The molecule has 6 nitrogen and oxygen atoms in total. The van der Waals surface area contributed by atoms with Gasteiger partial charge >= 0.3 is 0 Å². The number of tetrazole rings is 1. The van der Waals surface area contributed by atoms with Crippen molar-refractivity contribution in [3.8, 4) is 11.4 Å². The molecule has 0 radical (unpaired) electrons. The number of hydrogen-bond donors (Lipinski definition) is 1. The van der Waals surface area contributed by atoms with Gasteiger partial charge in [0.2, 0.25) is 5.82 Å². The zero-order chi connectivity index (χ0) is 12.4. The van der Waals surface area contributed by atoms with Gasteiger partial charge in [-0.1, -0.05) is 12.1 Å². The van der Waals surface area contributed by atoms with Gasteiger partial charge in [0.15, 0.2) is 0 Å². The third-order valence-corrected chi connectivity index (χ3v) is 3.33. The van der Waals surface area contributed by atoms with E-state index in [0.717, 1.165) is 31.7 Å². The van der Waals surface area contributed by atoms with Crippen LogP contribution in [0, 0.1) is 0 Å². The van der Waals surface area contributed by atoms with Crippen molar-refractivity contribution in [3.05, 3.63) is 24.3 Å². The second-order valence-corrected chi connectivity index (χ2v) is 4.54. The zero-order valence-corrected chi connectivity index (χ0v) is 10.4. The molecule has 0 bridgehead atoms. The molecule has 1 aromatic carbocycles. The van der Waals surface area contributed by atoms with Gasteiger partial charge in [0, 0.05) is 37.4 Å². The molecule has 18 heavy (non-hydrogen) atoms. The Morgan fingerprint density at radius 3 is 2.61 bits per heavy atom. The van der Waals surface area contributed by atoms with Gasteiger partial charge in [0.05, 0.1) is 0 Å². The summed E-state index contributed by atoms with van der Waals surface area (Å²) in [6.07, 6.45) is 0. The van der Waals surface area contributed by atoms with E-state index in [2.05, 4.69) is 49.6 Å². The van der Waals surface area contributed by atoms with Crippen LogP contribution in [-0.2, 0) is 0 Å². The Morgan fingerprint density at radius 1 is 1.11 bits per heavy atom. The molecule has 3 rings (SSSR count). The summed E-state index contributed by atoms with van der Waals surface area (Å²) in [7, 11) is 2.16. The largest absolute Gasteiger partial charge is 0.368 e. The molecule has 6 heteroatoms. The average Bonchev–Trinajstić information content (AvgIpc) is 2.93. The van der Waals surface area contributed by atoms with Crippen LogP contribution < -0.4 is 4.90 Å². The second-order valence-electron chi connectivity index (χ2n) is 4.54. The molecule has 0 amide bonds. The van der Waals surface area contributed by atoms with Crippen molar-refractivity contribution < 1.29 is 0 Å². The summed E-state index contributed by atoms with van der Waals surface area (Å²) in [5.41, 5.74) is 2.22. The predicted octanol–water partition coefficient (Wildman–Crippen LogP) is 0.618. The van der Waals surface area contributed by atoms with Crippen LogP contribution in [0.25, 0.3) is 11.4 Å². The lowest BCUT2D eigenvalue weighted by Gasteiger charge is -2.34. The monoisotopic (exact) mass is 244 g/mol. The van der Waals surface area contributed by atoms with Gasteiger partial charge in [-0.25, -0.2) is 0 Å². The molecule has 1 aromatic heterocycles. The van der Waals surface area contributed by atoms with Crippen LogP contribution in [0.2, 0.25) is 0 Å². The highest BCUT2D eigenvalue weighted by Crippen LogP contribution is 2.28. The predicted molar refractivity (Wildman–Crippen MR) is 69.3 cm³/mol. The second kappa shape index (κ2) is 4.73. The molecular weight excluding hydrogens is 228 g/mol. The quantitative estimate of drug-likeness (QED) is 0.839. The van der Waals surface area contributed by atoms with Crippen molar-refractivity contribution in [1.82, 2.24) is 25.5 Å². The molecule has 94 valence electrons. The van der Waals surface area contributed by atoms with E-state index in [4.69, 9.17) is 0 Å². The Balaban J connectivity index is 1.92. The number of hydrogen-bond acceptors (Lipinski definition) is 5. The maximum atomic E-state index is 4.07. The van der Waals surface area contributed by atoms with Gasteiger partial charge in [-0.15, -0.1) is 10.2 Å². The molecule has 2 heterocycles. The van der Waals surface area contributed by atoms with E-state index in [0.29, 0.717) is 5.82 Å². The number of nitrogens with zero attached hydrogens (tertiary/aromatic N) is 5. The number of benzene rings is 1. The summed E-state index contributed by atoms with van der Waals surface area (Å²) in [5, 5.41) is 14.3. The van der Waals surface area contributed by atoms with Crippen molar-refractivity contribution in [2.45, 2.75) is 0 Å².